The van der Waals surface area contributed by atoms with E-state index in [2.05, 4.69) is 5.32 Å². The number of para-hydroxylation sites is 1. The van der Waals surface area contributed by atoms with E-state index < -0.39 is 0 Å². The molecule has 0 heterocycles. The largest absolute Gasteiger partial charge is 0.492 e. The Kier molecular flexibility index (Phi) is 6.16. The fourth-order valence-electron chi connectivity index (χ4n) is 1.76. The van der Waals surface area contributed by atoms with Gasteiger partial charge in [-0.3, -0.25) is 4.79 Å². The molecule has 2 rings (SSSR count). The summed E-state index contributed by atoms with van der Waals surface area (Å²) < 4.78 is 5.53. The molecule has 0 saturated heterocycles. The van der Waals surface area contributed by atoms with Crippen LogP contribution in [-0.2, 0) is 4.79 Å². The van der Waals surface area contributed by atoms with E-state index in [1.807, 2.05) is 67.6 Å². The summed E-state index contributed by atoms with van der Waals surface area (Å²) in [4.78, 5) is 13.1. The number of nitrogens with one attached hydrogen (secondary N) is 1. The monoisotopic (exact) mass is 301 g/mol. The van der Waals surface area contributed by atoms with Gasteiger partial charge in [-0.15, -0.1) is 11.8 Å². The molecule has 0 aliphatic heterocycles. The van der Waals surface area contributed by atoms with Gasteiger partial charge in [0.1, 0.15) is 12.4 Å². The van der Waals surface area contributed by atoms with Crippen LogP contribution in [-0.4, -0.2) is 24.3 Å². The first kappa shape index (κ1) is 15.4. The van der Waals surface area contributed by atoms with Gasteiger partial charge >= 0.3 is 0 Å². The van der Waals surface area contributed by atoms with Crippen LogP contribution in [0.3, 0.4) is 0 Å². The summed E-state index contributed by atoms with van der Waals surface area (Å²) in [6, 6.07) is 19.5. The molecule has 0 fully saturated rings. The Labute approximate surface area is 129 Å². The van der Waals surface area contributed by atoms with Gasteiger partial charge in [0.05, 0.1) is 11.8 Å². The van der Waals surface area contributed by atoms with E-state index >= 15 is 0 Å². The van der Waals surface area contributed by atoms with Crippen molar-refractivity contribution in [1.82, 2.24) is 5.32 Å². The molecule has 1 atom stereocenters. The predicted octanol–water partition coefficient (Wildman–Crippen LogP) is 3.36. The molecule has 3 nitrogen and oxygen atoms in total. The number of thioether (sulfide) groups is 1. The minimum atomic E-state index is -0.121. The summed E-state index contributed by atoms with van der Waals surface area (Å²) >= 11 is 1.55. The predicted molar refractivity (Wildman–Crippen MR) is 86.7 cm³/mol. The van der Waals surface area contributed by atoms with E-state index in [1.165, 1.54) is 0 Å². The number of ether oxygens (including phenoxy) is 1. The Balaban J connectivity index is 1.67. The first-order valence-corrected chi connectivity index (χ1v) is 7.81. The van der Waals surface area contributed by atoms with Crippen LogP contribution >= 0.6 is 11.8 Å². The lowest BCUT2D eigenvalue weighted by Crippen LogP contribution is -2.33. The van der Waals surface area contributed by atoms with Gasteiger partial charge in [-0.1, -0.05) is 36.4 Å². The average Bonchev–Trinajstić information content (AvgIpc) is 2.53. The Morgan fingerprint density at radius 1 is 1.10 bits per heavy atom. The van der Waals surface area contributed by atoms with Crippen molar-refractivity contribution in [3.05, 3.63) is 60.7 Å². The van der Waals surface area contributed by atoms with Crippen molar-refractivity contribution < 1.29 is 9.53 Å². The molecule has 2 aromatic carbocycles. The highest BCUT2D eigenvalue weighted by molar-refractivity contribution is 8.00. The Morgan fingerprint density at radius 2 is 1.71 bits per heavy atom. The smallest absolute Gasteiger partial charge is 0.233 e. The number of hydrogen-bond acceptors (Lipinski definition) is 3. The molecule has 110 valence electrons. The summed E-state index contributed by atoms with van der Waals surface area (Å²) in [5.74, 6) is 0.846. The molecule has 21 heavy (non-hydrogen) atoms. The molecule has 0 aromatic heterocycles. The SMILES string of the molecule is C[C@H](Sc1ccccc1)C(=O)NCCOc1ccccc1. The summed E-state index contributed by atoms with van der Waals surface area (Å²) in [5, 5.41) is 2.77. The van der Waals surface area contributed by atoms with Crippen LogP contribution < -0.4 is 10.1 Å². The molecular formula is C17H19NO2S. The molecular weight excluding hydrogens is 282 g/mol. The van der Waals surface area contributed by atoms with Crippen LogP contribution in [0.15, 0.2) is 65.6 Å². The van der Waals surface area contributed by atoms with Crippen molar-refractivity contribution in [2.45, 2.75) is 17.1 Å². The van der Waals surface area contributed by atoms with E-state index in [9.17, 15) is 4.79 Å². The minimum absolute atomic E-state index is 0.0283. The standard InChI is InChI=1S/C17H19NO2S/c1-14(21-16-10-6-3-7-11-16)17(19)18-12-13-20-15-8-4-2-5-9-15/h2-11,14H,12-13H2,1H3,(H,18,19)/t14-/m0/s1. The fraction of sp³-hybridized carbons (Fsp3) is 0.235. The number of carbonyl (C=O) groups is 1. The Morgan fingerprint density at radius 3 is 2.38 bits per heavy atom. The lowest BCUT2D eigenvalue weighted by atomic mass is 10.3. The van der Waals surface area contributed by atoms with Crippen LogP contribution in [0.25, 0.3) is 0 Å². The van der Waals surface area contributed by atoms with E-state index in [1.54, 1.807) is 11.8 Å². The maximum Gasteiger partial charge on any atom is 0.233 e. The minimum Gasteiger partial charge on any atom is -0.492 e. The van der Waals surface area contributed by atoms with Gasteiger partial charge in [0.2, 0.25) is 5.91 Å². The van der Waals surface area contributed by atoms with Crippen molar-refractivity contribution in [1.29, 1.82) is 0 Å². The molecule has 0 saturated carbocycles. The van der Waals surface area contributed by atoms with Crippen molar-refractivity contribution >= 4 is 17.7 Å². The molecule has 0 unspecified atom stereocenters. The normalized spacial score (nSPS) is 11.7. The molecule has 0 aliphatic rings. The molecule has 1 amide bonds. The maximum absolute atomic E-state index is 12.0. The van der Waals surface area contributed by atoms with Crippen molar-refractivity contribution in [2.75, 3.05) is 13.2 Å². The lowest BCUT2D eigenvalue weighted by molar-refractivity contribution is -0.120. The van der Waals surface area contributed by atoms with Crippen molar-refractivity contribution in [3.8, 4) is 5.75 Å². The van der Waals surface area contributed by atoms with Crippen LogP contribution in [0.4, 0.5) is 0 Å². The molecule has 0 spiro atoms. The van der Waals surface area contributed by atoms with E-state index in [4.69, 9.17) is 4.74 Å². The van der Waals surface area contributed by atoms with Crippen molar-refractivity contribution in [2.24, 2.45) is 0 Å². The van der Waals surface area contributed by atoms with Crippen LogP contribution in [0.5, 0.6) is 5.75 Å². The van der Waals surface area contributed by atoms with Gasteiger partial charge < -0.3 is 10.1 Å². The second kappa shape index (κ2) is 8.37. The number of hydrogen-bond donors (Lipinski definition) is 1. The molecule has 4 heteroatoms. The van der Waals surface area contributed by atoms with Crippen LogP contribution in [0.1, 0.15) is 6.92 Å². The highest BCUT2D eigenvalue weighted by Crippen LogP contribution is 2.22. The lowest BCUT2D eigenvalue weighted by Gasteiger charge is -2.12. The Hall–Kier alpha value is -1.94. The summed E-state index contributed by atoms with van der Waals surface area (Å²) in [6.07, 6.45) is 0. The van der Waals surface area contributed by atoms with E-state index in [0.717, 1.165) is 10.6 Å². The number of amides is 1. The van der Waals surface area contributed by atoms with Gasteiger partial charge in [0.15, 0.2) is 0 Å². The fourth-order valence-corrected chi connectivity index (χ4v) is 2.67. The van der Waals surface area contributed by atoms with Gasteiger partial charge in [0.25, 0.3) is 0 Å². The van der Waals surface area contributed by atoms with E-state index in [-0.39, 0.29) is 11.2 Å². The zero-order valence-electron chi connectivity index (χ0n) is 12.0. The zero-order chi connectivity index (χ0) is 14.9. The third kappa shape index (κ3) is 5.52. The highest BCUT2D eigenvalue weighted by Gasteiger charge is 2.13. The summed E-state index contributed by atoms with van der Waals surface area (Å²) in [6.45, 7) is 2.89. The first-order chi connectivity index (χ1) is 10.3. The molecule has 0 radical (unpaired) electrons. The average molecular weight is 301 g/mol. The number of rotatable bonds is 7. The van der Waals surface area contributed by atoms with Gasteiger partial charge in [0, 0.05) is 4.90 Å². The van der Waals surface area contributed by atoms with Gasteiger partial charge in [-0.05, 0) is 31.2 Å². The van der Waals surface area contributed by atoms with Crippen LogP contribution in [0.2, 0.25) is 0 Å². The topological polar surface area (TPSA) is 38.3 Å². The van der Waals surface area contributed by atoms with Gasteiger partial charge in [-0.25, -0.2) is 0 Å². The molecule has 0 bridgehead atoms. The summed E-state index contributed by atoms with van der Waals surface area (Å²) in [7, 11) is 0. The van der Waals surface area contributed by atoms with Crippen molar-refractivity contribution in [3.63, 3.8) is 0 Å². The third-order valence-corrected chi connectivity index (χ3v) is 3.95. The third-order valence-electron chi connectivity index (χ3n) is 2.84. The highest BCUT2D eigenvalue weighted by atomic mass is 32.2. The van der Waals surface area contributed by atoms with Crippen LogP contribution in [0, 0.1) is 0 Å². The maximum atomic E-state index is 12.0. The number of carbonyl (C=O) groups excluding carboxylic acids is 1. The summed E-state index contributed by atoms with van der Waals surface area (Å²) in [5.41, 5.74) is 0. The molecule has 2 aromatic rings. The quantitative estimate of drug-likeness (QED) is 0.629. The Bertz CT molecular complexity index is 545. The van der Waals surface area contributed by atoms with Gasteiger partial charge in [-0.2, -0.15) is 0 Å². The first-order valence-electron chi connectivity index (χ1n) is 6.93. The number of benzene rings is 2. The molecule has 1 N–H and O–H groups in total. The zero-order valence-corrected chi connectivity index (χ0v) is 12.8. The molecule has 0 aliphatic carbocycles. The second-order valence-electron chi connectivity index (χ2n) is 4.53. The van der Waals surface area contributed by atoms with E-state index in [0.29, 0.717) is 13.2 Å². The second-order valence-corrected chi connectivity index (χ2v) is 5.94.